The molecule has 0 bridgehead atoms. The topological polar surface area (TPSA) is 41.6 Å². The van der Waals surface area contributed by atoms with Gasteiger partial charge < -0.3 is 10.1 Å². The second kappa shape index (κ2) is 8.18. The Balaban J connectivity index is 1.76. The molecule has 0 unspecified atom stereocenters. The van der Waals surface area contributed by atoms with Gasteiger partial charge in [-0.3, -0.25) is 9.69 Å². The highest BCUT2D eigenvalue weighted by molar-refractivity contribution is 5.92. The SMILES string of the molecule is CC(C)COc1ccc(NC(=O)CN2CCC(C)CC2)cc1. The molecule has 1 heterocycles. The van der Waals surface area contributed by atoms with E-state index in [0.717, 1.165) is 30.4 Å². The molecule has 1 fully saturated rings. The van der Waals surface area contributed by atoms with Crippen LogP contribution < -0.4 is 10.1 Å². The number of hydrogen-bond donors (Lipinski definition) is 1. The van der Waals surface area contributed by atoms with Gasteiger partial charge in [0.1, 0.15) is 5.75 Å². The molecule has 2 rings (SSSR count). The number of anilines is 1. The highest BCUT2D eigenvalue weighted by Crippen LogP contribution is 2.18. The first-order chi connectivity index (χ1) is 10.5. The van der Waals surface area contributed by atoms with Gasteiger partial charge in [-0.15, -0.1) is 0 Å². The van der Waals surface area contributed by atoms with Crippen molar-refractivity contribution < 1.29 is 9.53 Å². The van der Waals surface area contributed by atoms with Crippen molar-refractivity contribution in [2.24, 2.45) is 11.8 Å². The van der Waals surface area contributed by atoms with Crippen LogP contribution in [-0.2, 0) is 4.79 Å². The van der Waals surface area contributed by atoms with Crippen molar-refractivity contribution in [3.63, 3.8) is 0 Å². The van der Waals surface area contributed by atoms with Crippen LogP contribution in [0.4, 0.5) is 5.69 Å². The fraction of sp³-hybridized carbons (Fsp3) is 0.611. The standard InChI is InChI=1S/C18H28N2O2/c1-14(2)13-22-17-6-4-16(5-7-17)19-18(21)12-20-10-8-15(3)9-11-20/h4-7,14-15H,8-13H2,1-3H3,(H,19,21). The van der Waals surface area contributed by atoms with Crippen molar-refractivity contribution in [1.82, 2.24) is 4.90 Å². The van der Waals surface area contributed by atoms with E-state index in [-0.39, 0.29) is 5.91 Å². The van der Waals surface area contributed by atoms with Gasteiger partial charge in [0.2, 0.25) is 5.91 Å². The van der Waals surface area contributed by atoms with Gasteiger partial charge in [0, 0.05) is 5.69 Å². The normalized spacial score (nSPS) is 16.7. The summed E-state index contributed by atoms with van der Waals surface area (Å²) in [5.41, 5.74) is 0.826. The minimum atomic E-state index is 0.0606. The Hall–Kier alpha value is -1.55. The Labute approximate surface area is 133 Å². The van der Waals surface area contributed by atoms with E-state index in [1.165, 1.54) is 12.8 Å². The molecule has 4 nitrogen and oxygen atoms in total. The molecular weight excluding hydrogens is 276 g/mol. The summed E-state index contributed by atoms with van der Waals surface area (Å²) in [6.45, 7) is 9.76. The van der Waals surface area contributed by atoms with Crippen molar-refractivity contribution in [1.29, 1.82) is 0 Å². The minimum Gasteiger partial charge on any atom is -0.493 e. The second-order valence-corrected chi connectivity index (χ2v) is 6.74. The largest absolute Gasteiger partial charge is 0.493 e. The lowest BCUT2D eigenvalue weighted by Crippen LogP contribution is -2.38. The molecule has 0 aromatic heterocycles. The van der Waals surface area contributed by atoms with E-state index in [1.807, 2.05) is 24.3 Å². The average molecular weight is 304 g/mol. The molecule has 4 heteroatoms. The predicted octanol–water partition coefficient (Wildman–Crippen LogP) is 3.39. The van der Waals surface area contributed by atoms with E-state index < -0.39 is 0 Å². The van der Waals surface area contributed by atoms with E-state index in [9.17, 15) is 4.79 Å². The summed E-state index contributed by atoms with van der Waals surface area (Å²) < 4.78 is 5.64. The van der Waals surface area contributed by atoms with E-state index >= 15 is 0 Å². The van der Waals surface area contributed by atoms with Crippen LogP contribution in [0.15, 0.2) is 24.3 Å². The molecule has 1 amide bonds. The maximum atomic E-state index is 12.1. The Morgan fingerprint density at radius 3 is 2.50 bits per heavy atom. The van der Waals surface area contributed by atoms with E-state index in [2.05, 4.69) is 31.0 Å². The van der Waals surface area contributed by atoms with Gasteiger partial charge in [-0.25, -0.2) is 0 Å². The molecule has 1 aromatic rings. The van der Waals surface area contributed by atoms with E-state index in [0.29, 0.717) is 19.1 Å². The summed E-state index contributed by atoms with van der Waals surface area (Å²) in [6, 6.07) is 7.60. The van der Waals surface area contributed by atoms with E-state index in [1.54, 1.807) is 0 Å². The summed E-state index contributed by atoms with van der Waals surface area (Å²) in [5.74, 6) is 2.20. The Morgan fingerprint density at radius 1 is 1.27 bits per heavy atom. The number of carbonyl (C=O) groups is 1. The number of nitrogens with one attached hydrogen (secondary N) is 1. The lowest BCUT2D eigenvalue weighted by Gasteiger charge is -2.29. The third kappa shape index (κ3) is 5.68. The molecule has 1 N–H and O–H groups in total. The van der Waals surface area contributed by atoms with Crippen LogP contribution in [0.25, 0.3) is 0 Å². The summed E-state index contributed by atoms with van der Waals surface area (Å²) in [5, 5.41) is 2.96. The van der Waals surface area contributed by atoms with Crippen molar-refractivity contribution in [3.05, 3.63) is 24.3 Å². The number of carbonyl (C=O) groups excluding carboxylic acids is 1. The molecule has 0 atom stereocenters. The maximum absolute atomic E-state index is 12.1. The zero-order valence-corrected chi connectivity index (χ0v) is 14.0. The van der Waals surface area contributed by atoms with Crippen LogP contribution in [0.1, 0.15) is 33.6 Å². The second-order valence-electron chi connectivity index (χ2n) is 6.74. The first kappa shape index (κ1) is 16.8. The van der Waals surface area contributed by atoms with Gasteiger partial charge in [-0.1, -0.05) is 20.8 Å². The minimum absolute atomic E-state index is 0.0606. The molecule has 1 aliphatic rings. The van der Waals surface area contributed by atoms with Crippen molar-refractivity contribution in [2.75, 3.05) is 31.6 Å². The van der Waals surface area contributed by atoms with Crippen LogP contribution in [-0.4, -0.2) is 37.0 Å². The fourth-order valence-corrected chi connectivity index (χ4v) is 2.52. The van der Waals surface area contributed by atoms with Gasteiger partial charge in [0.15, 0.2) is 0 Å². The highest BCUT2D eigenvalue weighted by Gasteiger charge is 2.17. The lowest BCUT2D eigenvalue weighted by atomic mass is 9.99. The number of nitrogens with zero attached hydrogens (tertiary/aromatic N) is 1. The number of rotatable bonds is 6. The molecule has 22 heavy (non-hydrogen) atoms. The monoisotopic (exact) mass is 304 g/mol. The lowest BCUT2D eigenvalue weighted by molar-refractivity contribution is -0.117. The Morgan fingerprint density at radius 2 is 1.91 bits per heavy atom. The van der Waals surface area contributed by atoms with Gasteiger partial charge in [0.05, 0.1) is 13.2 Å². The smallest absolute Gasteiger partial charge is 0.238 e. The summed E-state index contributed by atoms with van der Waals surface area (Å²) in [4.78, 5) is 14.3. The zero-order valence-electron chi connectivity index (χ0n) is 14.0. The van der Waals surface area contributed by atoms with E-state index in [4.69, 9.17) is 4.74 Å². The predicted molar refractivity (Wildman–Crippen MR) is 90.2 cm³/mol. The maximum Gasteiger partial charge on any atom is 0.238 e. The van der Waals surface area contributed by atoms with Gasteiger partial charge in [-0.05, 0) is 62.0 Å². The molecule has 1 aliphatic heterocycles. The Kier molecular flexibility index (Phi) is 6.25. The first-order valence-electron chi connectivity index (χ1n) is 8.28. The van der Waals surface area contributed by atoms with Crippen LogP contribution in [0, 0.1) is 11.8 Å². The molecule has 0 spiro atoms. The Bertz CT molecular complexity index is 462. The number of piperidine rings is 1. The van der Waals surface area contributed by atoms with Crippen LogP contribution in [0.3, 0.4) is 0 Å². The first-order valence-corrected chi connectivity index (χ1v) is 8.28. The van der Waals surface area contributed by atoms with Crippen molar-refractivity contribution >= 4 is 11.6 Å². The fourth-order valence-electron chi connectivity index (χ4n) is 2.52. The number of hydrogen-bond acceptors (Lipinski definition) is 3. The summed E-state index contributed by atoms with van der Waals surface area (Å²) in [7, 11) is 0. The van der Waals surface area contributed by atoms with Crippen LogP contribution >= 0.6 is 0 Å². The average Bonchev–Trinajstić information content (AvgIpc) is 2.49. The molecule has 1 aromatic carbocycles. The summed E-state index contributed by atoms with van der Waals surface area (Å²) >= 11 is 0. The zero-order chi connectivity index (χ0) is 15.9. The molecular formula is C18H28N2O2. The summed E-state index contributed by atoms with van der Waals surface area (Å²) in [6.07, 6.45) is 2.38. The highest BCUT2D eigenvalue weighted by atomic mass is 16.5. The number of likely N-dealkylation sites (tertiary alicyclic amines) is 1. The number of amides is 1. The van der Waals surface area contributed by atoms with Gasteiger partial charge in [-0.2, -0.15) is 0 Å². The molecule has 0 radical (unpaired) electrons. The van der Waals surface area contributed by atoms with Crippen LogP contribution in [0.5, 0.6) is 5.75 Å². The van der Waals surface area contributed by atoms with Crippen molar-refractivity contribution in [2.45, 2.75) is 33.6 Å². The van der Waals surface area contributed by atoms with Gasteiger partial charge in [0.25, 0.3) is 0 Å². The molecule has 1 saturated heterocycles. The molecule has 0 saturated carbocycles. The quantitative estimate of drug-likeness (QED) is 0.876. The number of ether oxygens (including phenoxy) is 1. The molecule has 0 aliphatic carbocycles. The van der Waals surface area contributed by atoms with Crippen molar-refractivity contribution in [3.8, 4) is 5.75 Å². The number of benzene rings is 1. The van der Waals surface area contributed by atoms with Crippen LogP contribution in [0.2, 0.25) is 0 Å². The third-order valence-corrected chi connectivity index (χ3v) is 3.96. The molecule has 122 valence electrons. The third-order valence-electron chi connectivity index (χ3n) is 3.96. The van der Waals surface area contributed by atoms with Gasteiger partial charge >= 0.3 is 0 Å².